The van der Waals surface area contributed by atoms with Gasteiger partial charge in [0.05, 0.1) is 0 Å². The van der Waals surface area contributed by atoms with E-state index in [1.165, 1.54) is 7.11 Å². The molecule has 1 amide bonds. The number of nitrogens with one attached hydrogen (secondary N) is 1. The molecule has 1 aliphatic heterocycles. The van der Waals surface area contributed by atoms with Crippen LogP contribution in [-0.2, 0) is 9.53 Å². The Hall–Kier alpha value is -1.89. The lowest BCUT2D eigenvalue weighted by Gasteiger charge is -2.35. The van der Waals surface area contributed by atoms with Crippen LogP contribution in [0.5, 0.6) is 0 Å². The standard InChI is InChI=1S/C13H21N5O2/c1-3-14-11-4-5-12(16-15-11)17-6-8-18(9-7-17)13(19)10-20-2/h4-5H,3,6-10H2,1-2H3,(H,14,15). The molecule has 0 unspecified atom stereocenters. The highest BCUT2D eigenvalue weighted by Gasteiger charge is 2.21. The largest absolute Gasteiger partial charge is 0.375 e. The van der Waals surface area contributed by atoms with Gasteiger partial charge < -0.3 is 19.9 Å². The molecule has 110 valence electrons. The Bertz CT molecular complexity index is 429. The fraction of sp³-hybridized carbons (Fsp3) is 0.615. The Morgan fingerprint density at radius 2 is 2.05 bits per heavy atom. The van der Waals surface area contributed by atoms with E-state index in [1.807, 2.05) is 24.0 Å². The molecule has 2 rings (SSSR count). The smallest absolute Gasteiger partial charge is 0.248 e. The Kier molecular flexibility index (Phi) is 5.11. The van der Waals surface area contributed by atoms with Gasteiger partial charge >= 0.3 is 0 Å². The minimum absolute atomic E-state index is 0.0423. The summed E-state index contributed by atoms with van der Waals surface area (Å²) in [6.45, 7) is 5.92. The van der Waals surface area contributed by atoms with Crippen LogP contribution in [0.3, 0.4) is 0 Å². The van der Waals surface area contributed by atoms with Gasteiger partial charge in [0.1, 0.15) is 12.4 Å². The van der Waals surface area contributed by atoms with Crippen LogP contribution in [0.4, 0.5) is 11.6 Å². The molecule has 2 heterocycles. The number of carbonyl (C=O) groups is 1. The van der Waals surface area contributed by atoms with Gasteiger partial charge in [-0.3, -0.25) is 4.79 Å². The Labute approximate surface area is 118 Å². The number of carbonyl (C=O) groups excluding carboxylic acids is 1. The summed E-state index contributed by atoms with van der Waals surface area (Å²) in [7, 11) is 1.54. The number of ether oxygens (including phenoxy) is 1. The second-order valence-electron chi connectivity index (χ2n) is 4.61. The highest BCUT2D eigenvalue weighted by molar-refractivity contribution is 5.77. The van der Waals surface area contributed by atoms with E-state index >= 15 is 0 Å². The highest BCUT2D eigenvalue weighted by atomic mass is 16.5. The third kappa shape index (κ3) is 3.57. The van der Waals surface area contributed by atoms with Gasteiger partial charge in [0, 0.05) is 39.8 Å². The van der Waals surface area contributed by atoms with E-state index in [4.69, 9.17) is 4.74 Å². The number of nitrogens with zero attached hydrogens (tertiary/aromatic N) is 4. The van der Waals surface area contributed by atoms with Crippen molar-refractivity contribution in [2.45, 2.75) is 6.92 Å². The van der Waals surface area contributed by atoms with Crippen molar-refractivity contribution in [3.63, 3.8) is 0 Å². The monoisotopic (exact) mass is 279 g/mol. The van der Waals surface area contributed by atoms with E-state index in [2.05, 4.69) is 20.4 Å². The molecule has 1 fully saturated rings. The molecule has 0 radical (unpaired) electrons. The van der Waals surface area contributed by atoms with Crippen LogP contribution in [-0.4, -0.2) is 67.4 Å². The van der Waals surface area contributed by atoms with Crippen molar-refractivity contribution < 1.29 is 9.53 Å². The molecule has 1 aromatic heterocycles. The van der Waals surface area contributed by atoms with Crippen molar-refractivity contribution >= 4 is 17.5 Å². The summed E-state index contributed by atoms with van der Waals surface area (Å²) in [5, 5.41) is 11.5. The Morgan fingerprint density at radius 1 is 1.30 bits per heavy atom. The molecule has 7 heteroatoms. The number of anilines is 2. The van der Waals surface area contributed by atoms with Crippen LogP contribution in [0, 0.1) is 0 Å². The topological polar surface area (TPSA) is 70.6 Å². The van der Waals surface area contributed by atoms with Crippen LogP contribution < -0.4 is 10.2 Å². The zero-order valence-corrected chi connectivity index (χ0v) is 12.0. The minimum Gasteiger partial charge on any atom is -0.375 e. The molecule has 0 atom stereocenters. The molecule has 7 nitrogen and oxygen atoms in total. The summed E-state index contributed by atoms with van der Waals surface area (Å²) in [6.07, 6.45) is 0. The summed E-state index contributed by atoms with van der Waals surface area (Å²) < 4.78 is 4.87. The molecule has 1 N–H and O–H groups in total. The molecule has 1 aliphatic rings. The number of hydrogen-bond donors (Lipinski definition) is 1. The van der Waals surface area contributed by atoms with Gasteiger partial charge in [0.2, 0.25) is 5.91 Å². The predicted octanol–water partition coefficient (Wildman–Crippen LogP) is 0.203. The Balaban J connectivity index is 1.88. The SMILES string of the molecule is CCNc1ccc(N2CCN(C(=O)COC)CC2)nn1. The number of methoxy groups -OCH3 is 1. The second kappa shape index (κ2) is 7.04. The molecule has 0 saturated carbocycles. The fourth-order valence-corrected chi connectivity index (χ4v) is 2.17. The fourth-order valence-electron chi connectivity index (χ4n) is 2.17. The number of amides is 1. The number of piperazine rings is 1. The third-order valence-corrected chi connectivity index (χ3v) is 3.23. The van der Waals surface area contributed by atoms with Crippen LogP contribution in [0.1, 0.15) is 6.92 Å². The van der Waals surface area contributed by atoms with E-state index in [1.54, 1.807) is 0 Å². The van der Waals surface area contributed by atoms with Crippen LogP contribution in [0.15, 0.2) is 12.1 Å². The molecule has 0 aromatic carbocycles. The maximum atomic E-state index is 11.7. The average molecular weight is 279 g/mol. The molecule has 1 saturated heterocycles. The van der Waals surface area contributed by atoms with Gasteiger partial charge in [-0.25, -0.2) is 0 Å². The first kappa shape index (κ1) is 14.5. The van der Waals surface area contributed by atoms with E-state index in [0.717, 1.165) is 31.3 Å². The first-order valence-corrected chi connectivity index (χ1v) is 6.84. The van der Waals surface area contributed by atoms with Gasteiger partial charge in [0.25, 0.3) is 0 Å². The van der Waals surface area contributed by atoms with Crippen molar-refractivity contribution in [2.24, 2.45) is 0 Å². The van der Waals surface area contributed by atoms with Gasteiger partial charge in [-0.2, -0.15) is 0 Å². The maximum absolute atomic E-state index is 11.7. The van der Waals surface area contributed by atoms with Crippen LogP contribution in [0.2, 0.25) is 0 Å². The third-order valence-electron chi connectivity index (χ3n) is 3.23. The lowest BCUT2D eigenvalue weighted by molar-refractivity contribution is -0.135. The number of rotatable bonds is 5. The number of aromatic nitrogens is 2. The summed E-state index contributed by atoms with van der Waals surface area (Å²) in [5.74, 6) is 1.68. The molecule has 0 bridgehead atoms. The van der Waals surface area contributed by atoms with Crippen molar-refractivity contribution in [1.82, 2.24) is 15.1 Å². The molecule has 0 spiro atoms. The molecular weight excluding hydrogens is 258 g/mol. The van der Waals surface area contributed by atoms with Crippen molar-refractivity contribution in [1.29, 1.82) is 0 Å². The zero-order chi connectivity index (χ0) is 14.4. The zero-order valence-electron chi connectivity index (χ0n) is 12.0. The van der Waals surface area contributed by atoms with E-state index in [0.29, 0.717) is 13.1 Å². The lowest BCUT2D eigenvalue weighted by atomic mass is 10.3. The van der Waals surface area contributed by atoms with Gasteiger partial charge in [-0.05, 0) is 19.1 Å². The molecular formula is C13H21N5O2. The van der Waals surface area contributed by atoms with Gasteiger partial charge in [0.15, 0.2) is 5.82 Å². The first-order valence-electron chi connectivity index (χ1n) is 6.84. The van der Waals surface area contributed by atoms with Gasteiger partial charge in [-0.1, -0.05) is 0 Å². The predicted molar refractivity (Wildman–Crippen MR) is 76.9 cm³/mol. The van der Waals surface area contributed by atoms with Crippen LogP contribution in [0.25, 0.3) is 0 Å². The summed E-state index contributed by atoms with van der Waals surface area (Å²) in [5.41, 5.74) is 0. The van der Waals surface area contributed by atoms with Gasteiger partial charge in [-0.15, -0.1) is 10.2 Å². The number of hydrogen-bond acceptors (Lipinski definition) is 6. The van der Waals surface area contributed by atoms with Crippen molar-refractivity contribution in [3.05, 3.63) is 12.1 Å². The van der Waals surface area contributed by atoms with E-state index < -0.39 is 0 Å². The molecule has 0 aliphatic carbocycles. The lowest BCUT2D eigenvalue weighted by Crippen LogP contribution is -2.50. The summed E-state index contributed by atoms with van der Waals surface area (Å²) >= 11 is 0. The van der Waals surface area contributed by atoms with Crippen molar-refractivity contribution in [2.75, 3.05) is 56.7 Å². The summed E-state index contributed by atoms with van der Waals surface area (Å²) in [6, 6.07) is 3.88. The first-order chi connectivity index (χ1) is 9.74. The van der Waals surface area contributed by atoms with E-state index in [-0.39, 0.29) is 12.5 Å². The maximum Gasteiger partial charge on any atom is 0.248 e. The quantitative estimate of drug-likeness (QED) is 0.830. The minimum atomic E-state index is 0.0423. The van der Waals surface area contributed by atoms with Crippen LogP contribution >= 0.6 is 0 Å². The van der Waals surface area contributed by atoms with Crippen molar-refractivity contribution in [3.8, 4) is 0 Å². The van der Waals surface area contributed by atoms with E-state index in [9.17, 15) is 4.79 Å². The normalized spacial score (nSPS) is 15.3. The second-order valence-corrected chi connectivity index (χ2v) is 4.61. The molecule has 1 aromatic rings. The highest BCUT2D eigenvalue weighted by Crippen LogP contribution is 2.14. The average Bonchev–Trinajstić information content (AvgIpc) is 2.49. The molecule has 20 heavy (non-hydrogen) atoms. The Morgan fingerprint density at radius 3 is 2.60 bits per heavy atom. The summed E-state index contributed by atoms with van der Waals surface area (Å²) in [4.78, 5) is 15.7.